The lowest BCUT2D eigenvalue weighted by Crippen LogP contribution is -2.59. The van der Waals surface area contributed by atoms with Gasteiger partial charge in [-0.1, -0.05) is 0 Å². The molecule has 1 spiro atoms. The van der Waals surface area contributed by atoms with E-state index in [4.69, 9.17) is 23.8 Å². The van der Waals surface area contributed by atoms with Gasteiger partial charge in [0.05, 0.1) is 44.0 Å². The van der Waals surface area contributed by atoms with Crippen molar-refractivity contribution in [1.29, 1.82) is 0 Å². The SMILES string of the molecule is C[C@@H]1O[C@@H](OCCNCC(=O)[C@@H]2CN(C(=O)CCCCC(=O)ON3C(=O)CCC3=O)C[C@@H]2C(=O)NCCOC2CC23O[C@@H](C)[C@@H](O)[C@@H](O)[C@@H]3O)[C@@H](O)[C@H](O)[C@@H]1O. The fourth-order valence-corrected chi connectivity index (χ4v) is 7.46. The van der Waals surface area contributed by atoms with E-state index in [1.54, 1.807) is 6.92 Å². The van der Waals surface area contributed by atoms with Crippen molar-refractivity contribution in [2.45, 2.75) is 126 Å². The second-order valence-electron chi connectivity index (χ2n) is 15.0. The third kappa shape index (κ3) is 10.1. The Morgan fingerprint density at radius 2 is 1.45 bits per heavy atom. The summed E-state index contributed by atoms with van der Waals surface area (Å²) in [6.07, 6.45) is -11.0. The van der Waals surface area contributed by atoms with Crippen LogP contribution in [-0.4, -0.2) is 189 Å². The van der Waals surface area contributed by atoms with Crippen molar-refractivity contribution in [1.82, 2.24) is 20.6 Å². The average Bonchev–Trinajstić information content (AvgIpc) is 3.49. The Bertz CT molecular complexity index is 1440. The first kappa shape index (κ1) is 43.9. The molecular formula is C35H54N4O17. The molecule has 13 atom stereocenters. The number of rotatable bonds is 18. The number of amides is 4. The van der Waals surface area contributed by atoms with Gasteiger partial charge in [-0.05, 0) is 26.7 Å². The summed E-state index contributed by atoms with van der Waals surface area (Å²) in [6.45, 7) is 2.91. The molecule has 2 unspecified atom stereocenters. The maximum Gasteiger partial charge on any atom is 0.333 e. The lowest BCUT2D eigenvalue weighted by Gasteiger charge is -2.40. The van der Waals surface area contributed by atoms with Crippen molar-refractivity contribution >= 4 is 35.4 Å². The third-order valence-corrected chi connectivity index (χ3v) is 11.0. The molecule has 316 valence electrons. The summed E-state index contributed by atoms with van der Waals surface area (Å²) >= 11 is 0. The molecule has 5 rings (SSSR count). The Balaban J connectivity index is 1.08. The molecule has 21 heteroatoms. The first-order valence-electron chi connectivity index (χ1n) is 19.1. The van der Waals surface area contributed by atoms with E-state index in [1.807, 2.05) is 0 Å². The van der Waals surface area contributed by atoms with Crippen LogP contribution in [0.1, 0.15) is 58.8 Å². The zero-order chi connectivity index (χ0) is 40.9. The van der Waals surface area contributed by atoms with E-state index >= 15 is 0 Å². The van der Waals surface area contributed by atoms with Gasteiger partial charge in [-0.15, -0.1) is 5.06 Å². The summed E-state index contributed by atoms with van der Waals surface area (Å²) in [7, 11) is 0. The van der Waals surface area contributed by atoms with Crippen LogP contribution in [0.2, 0.25) is 0 Å². The Labute approximate surface area is 322 Å². The fourth-order valence-electron chi connectivity index (χ4n) is 7.46. The van der Waals surface area contributed by atoms with Crippen LogP contribution in [0.3, 0.4) is 0 Å². The first-order valence-corrected chi connectivity index (χ1v) is 19.1. The molecule has 4 aliphatic heterocycles. The summed E-state index contributed by atoms with van der Waals surface area (Å²) in [5.74, 6) is -4.98. The van der Waals surface area contributed by atoms with Gasteiger partial charge in [0.15, 0.2) is 12.1 Å². The van der Waals surface area contributed by atoms with E-state index in [0.29, 0.717) is 5.06 Å². The number of nitrogens with one attached hydrogen (secondary N) is 2. The van der Waals surface area contributed by atoms with Crippen LogP contribution in [0.15, 0.2) is 0 Å². The van der Waals surface area contributed by atoms with Crippen LogP contribution in [0, 0.1) is 11.8 Å². The number of ketones is 1. The lowest BCUT2D eigenvalue weighted by molar-refractivity contribution is -0.292. The van der Waals surface area contributed by atoms with Crippen molar-refractivity contribution in [3.63, 3.8) is 0 Å². The molecule has 8 N–H and O–H groups in total. The number of aliphatic hydroxyl groups is 6. The van der Waals surface area contributed by atoms with Gasteiger partial charge >= 0.3 is 5.97 Å². The number of aliphatic hydroxyl groups excluding tert-OH is 6. The molecule has 0 aromatic heterocycles. The van der Waals surface area contributed by atoms with Gasteiger partial charge in [-0.2, -0.15) is 0 Å². The molecule has 0 radical (unpaired) electrons. The predicted molar refractivity (Wildman–Crippen MR) is 184 cm³/mol. The highest BCUT2D eigenvalue weighted by Crippen LogP contribution is 2.50. The number of imide groups is 1. The number of ether oxygens (including phenoxy) is 4. The summed E-state index contributed by atoms with van der Waals surface area (Å²) in [4.78, 5) is 81.8. The van der Waals surface area contributed by atoms with E-state index < -0.39 is 102 Å². The maximum atomic E-state index is 13.4. The monoisotopic (exact) mass is 802 g/mol. The van der Waals surface area contributed by atoms with E-state index in [0.717, 1.165) is 0 Å². The molecule has 0 bridgehead atoms. The molecule has 0 aromatic carbocycles. The van der Waals surface area contributed by atoms with E-state index in [2.05, 4.69) is 10.6 Å². The Kier molecular flexibility index (Phi) is 14.9. The molecule has 4 amide bonds. The highest BCUT2D eigenvalue weighted by atomic mass is 16.7. The number of carbonyl (C=O) groups excluding carboxylic acids is 6. The summed E-state index contributed by atoms with van der Waals surface area (Å²) < 4.78 is 22.4. The standard InChI is InChI=1S/C35H54N4O17/c1-17-27(45)29(47)31(49)34(54-17)53-11-9-36-14-21(40)19-15-38(23(41)5-3-4-6-26(44)56-39-24(42)7-8-25(39)43)16-20(19)33(51)37-10-12-52-22-13-35(22)32(50)30(48)28(46)18(2)55-35/h17-20,22,27-32,34,36,45-50H,3-16H2,1-2H3,(H,37,51)/t17-,18-,19+,20-,22?,27+,28+,29+,30+,31-,32-,34+,35?/m0/s1. The maximum absolute atomic E-state index is 13.4. The van der Waals surface area contributed by atoms with Crippen LogP contribution in [-0.2, 0) is 52.6 Å². The molecule has 1 saturated carbocycles. The zero-order valence-electron chi connectivity index (χ0n) is 31.4. The normalized spacial score (nSPS) is 36.9. The summed E-state index contributed by atoms with van der Waals surface area (Å²) in [5.41, 5.74) is -1.17. The number of nitrogens with zero attached hydrogens (tertiary/aromatic N) is 2. The summed E-state index contributed by atoms with van der Waals surface area (Å²) in [6, 6.07) is 0. The topological polar surface area (TPSA) is 300 Å². The largest absolute Gasteiger partial charge is 0.388 e. The van der Waals surface area contributed by atoms with Crippen LogP contribution in [0.5, 0.6) is 0 Å². The number of likely N-dealkylation sites (tertiary alicyclic amines) is 1. The van der Waals surface area contributed by atoms with Crippen molar-refractivity contribution in [2.75, 3.05) is 45.9 Å². The van der Waals surface area contributed by atoms with E-state index in [-0.39, 0.29) is 103 Å². The lowest BCUT2D eigenvalue weighted by atomic mass is 9.91. The van der Waals surface area contributed by atoms with Crippen LogP contribution >= 0.6 is 0 Å². The van der Waals surface area contributed by atoms with Gasteiger partial charge in [0.25, 0.3) is 11.8 Å². The second kappa shape index (κ2) is 19.0. The van der Waals surface area contributed by atoms with Gasteiger partial charge in [-0.25, -0.2) is 4.79 Å². The minimum atomic E-state index is -1.49. The first-order chi connectivity index (χ1) is 26.5. The molecule has 0 aromatic rings. The van der Waals surface area contributed by atoms with Crippen LogP contribution in [0.25, 0.3) is 0 Å². The average molecular weight is 803 g/mol. The predicted octanol–water partition coefficient (Wildman–Crippen LogP) is -4.62. The number of unbranched alkanes of at least 4 members (excludes halogenated alkanes) is 1. The van der Waals surface area contributed by atoms with E-state index in [1.165, 1.54) is 11.8 Å². The van der Waals surface area contributed by atoms with Gasteiger partial charge in [0.1, 0.15) is 42.2 Å². The number of carbonyl (C=O) groups is 6. The zero-order valence-corrected chi connectivity index (χ0v) is 31.4. The van der Waals surface area contributed by atoms with Crippen LogP contribution in [0.4, 0.5) is 0 Å². The molecule has 56 heavy (non-hydrogen) atoms. The molecule has 21 nitrogen and oxygen atoms in total. The van der Waals surface area contributed by atoms with Crippen molar-refractivity contribution in [2.24, 2.45) is 11.8 Å². The Morgan fingerprint density at radius 3 is 2.16 bits per heavy atom. The Morgan fingerprint density at radius 1 is 0.804 bits per heavy atom. The molecule has 5 fully saturated rings. The number of hydrogen-bond acceptors (Lipinski definition) is 18. The Hall–Kier alpha value is -3.22. The summed E-state index contributed by atoms with van der Waals surface area (Å²) in [5, 5.41) is 66.8. The number of hydroxylamine groups is 2. The van der Waals surface area contributed by atoms with Gasteiger partial charge in [0, 0.05) is 64.2 Å². The van der Waals surface area contributed by atoms with Crippen molar-refractivity contribution in [3.8, 4) is 0 Å². The van der Waals surface area contributed by atoms with E-state index in [9.17, 15) is 59.4 Å². The smallest absolute Gasteiger partial charge is 0.333 e. The van der Waals surface area contributed by atoms with Crippen molar-refractivity contribution < 1.29 is 83.2 Å². The minimum Gasteiger partial charge on any atom is -0.388 e. The highest BCUT2D eigenvalue weighted by molar-refractivity contribution is 6.01. The number of Topliss-reactive ketones (excluding diaryl/α,β-unsaturated/α-hetero) is 1. The number of hydrogen-bond donors (Lipinski definition) is 8. The minimum absolute atomic E-state index is 0.00559. The van der Waals surface area contributed by atoms with Gasteiger partial charge in [-0.3, -0.25) is 24.0 Å². The molecule has 1 aliphatic carbocycles. The highest BCUT2D eigenvalue weighted by Gasteiger charge is 2.67. The van der Waals surface area contributed by atoms with Gasteiger partial charge < -0.3 is 70.0 Å². The third-order valence-electron chi connectivity index (χ3n) is 11.0. The van der Waals surface area contributed by atoms with Crippen LogP contribution < -0.4 is 10.6 Å². The quantitative estimate of drug-likeness (QED) is 0.0478. The molecular weight excluding hydrogens is 748 g/mol. The fraction of sp³-hybridized carbons (Fsp3) is 0.829. The second-order valence-corrected chi connectivity index (χ2v) is 15.0. The molecule has 4 heterocycles. The van der Waals surface area contributed by atoms with Gasteiger partial charge in [0.2, 0.25) is 11.8 Å². The molecule has 5 aliphatic rings. The molecule has 4 saturated heterocycles. The van der Waals surface area contributed by atoms with Crippen molar-refractivity contribution in [3.05, 3.63) is 0 Å².